The number of benzene rings is 3. The van der Waals surface area contributed by atoms with Crippen LogP contribution in [-0.2, 0) is 4.79 Å². The van der Waals surface area contributed by atoms with Gasteiger partial charge in [-0.1, -0.05) is 49.6 Å². The number of ether oxygens (including phenoxy) is 1. The molecule has 1 saturated carbocycles. The maximum absolute atomic E-state index is 14.5. The van der Waals surface area contributed by atoms with Crippen molar-refractivity contribution in [1.29, 1.82) is 0 Å². The summed E-state index contributed by atoms with van der Waals surface area (Å²) in [6.45, 7) is 0. The lowest BCUT2D eigenvalue weighted by Gasteiger charge is -2.46. The van der Waals surface area contributed by atoms with Gasteiger partial charge >= 0.3 is 0 Å². The highest BCUT2D eigenvalue weighted by Crippen LogP contribution is 2.46. The third-order valence-electron chi connectivity index (χ3n) is 7.27. The fourth-order valence-corrected chi connectivity index (χ4v) is 5.55. The predicted octanol–water partition coefficient (Wildman–Crippen LogP) is 6.23. The third-order valence-corrected chi connectivity index (χ3v) is 7.27. The van der Waals surface area contributed by atoms with Crippen molar-refractivity contribution in [2.75, 3.05) is 12.4 Å². The molecule has 2 aliphatic rings. The Hall–Kier alpha value is -3.74. The van der Waals surface area contributed by atoms with Crippen molar-refractivity contribution in [3.8, 4) is 5.75 Å². The van der Waals surface area contributed by atoms with E-state index >= 15 is 0 Å². The Labute approximate surface area is 209 Å². The Morgan fingerprint density at radius 2 is 1.69 bits per heavy atom. The van der Waals surface area contributed by atoms with E-state index in [2.05, 4.69) is 5.32 Å². The predicted molar refractivity (Wildman–Crippen MR) is 133 cm³/mol. The molecule has 0 aromatic heterocycles. The number of methoxy groups -OCH3 is 1. The van der Waals surface area contributed by atoms with E-state index in [0.717, 1.165) is 49.8 Å². The van der Waals surface area contributed by atoms with Crippen LogP contribution in [0.2, 0.25) is 0 Å². The minimum atomic E-state index is -0.853. The maximum atomic E-state index is 14.5. The number of halogens is 2. The second-order valence-electron chi connectivity index (χ2n) is 9.40. The summed E-state index contributed by atoms with van der Waals surface area (Å²) >= 11 is 0. The third kappa shape index (κ3) is 4.45. The molecule has 0 bridgehead atoms. The number of nitrogens with one attached hydrogen (secondary N) is 1. The Bertz CT molecular complexity index is 1270. The Kier molecular flexibility index (Phi) is 6.72. The molecule has 0 radical (unpaired) electrons. The van der Waals surface area contributed by atoms with Crippen molar-refractivity contribution in [3.05, 3.63) is 95.1 Å². The zero-order valence-electron chi connectivity index (χ0n) is 20.0. The molecule has 3 aromatic carbocycles. The Balaban J connectivity index is 1.64. The van der Waals surface area contributed by atoms with E-state index < -0.39 is 29.5 Å². The molecular formula is C29H28F2N2O3. The number of nitrogens with zero attached hydrogens (tertiary/aromatic N) is 1. The van der Waals surface area contributed by atoms with Crippen LogP contribution in [0.15, 0.2) is 66.7 Å². The van der Waals surface area contributed by atoms with Crippen LogP contribution in [0, 0.1) is 11.6 Å². The maximum Gasteiger partial charge on any atom is 0.254 e. The van der Waals surface area contributed by atoms with Crippen LogP contribution in [0.3, 0.4) is 0 Å². The van der Waals surface area contributed by atoms with Crippen LogP contribution < -0.4 is 10.1 Å². The highest BCUT2D eigenvalue weighted by Gasteiger charge is 2.46. The van der Waals surface area contributed by atoms with Crippen molar-refractivity contribution in [3.63, 3.8) is 0 Å². The van der Waals surface area contributed by atoms with Gasteiger partial charge in [0.05, 0.1) is 24.8 Å². The van der Waals surface area contributed by atoms with Gasteiger partial charge in [0.2, 0.25) is 5.91 Å². The number of hydrogen-bond acceptors (Lipinski definition) is 3. The lowest BCUT2D eigenvalue weighted by Crippen LogP contribution is -2.51. The fraction of sp³-hybridized carbons (Fsp3) is 0.310. The first kappa shape index (κ1) is 24.0. The second kappa shape index (κ2) is 10.1. The number of carbonyl (C=O) groups is 2. The van der Waals surface area contributed by atoms with Crippen molar-refractivity contribution in [2.24, 2.45) is 0 Å². The van der Waals surface area contributed by atoms with E-state index in [1.165, 1.54) is 6.07 Å². The topological polar surface area (TPSA) is 58.6 Å². The van der Waals surface area contributed by atoms with Crippen molar-refractivity contribution >= 4 is 17.5 Å². The molecule has 1 heterocycles. The SMILES string of the molecule is COc1ccc(C2C(C(=O)Nc3ccc(F)cc3F)c3ccccc3C(=O)N2C2CCCCC2)cc1. The van der Waals surface area contributed by atoms with Crippen LogP contribution in [0.1, 0.15) is 65.5 Å². The van der Waals surface area contributed by atoms with Crippen molar-refractivity contribution < 1.29 is 23.1 Å². The molecule has 5 rings (SSSR count). The van der Waals surface area contributed by atoms with Gasteiger partial charge < -0.3 is 15.0 Å². The highest BCUT2D eigenvalue weighted by molar-refractivity contribution is 6.04. The number of hydrogen-bond donors (Lipinski definition) is 1. The van der Waals surface area contributed by atoms with Gasteiger partial charge in [-0.05, 0) is 54.3 Å². The number of rotatable bonds is 5. The van der Waals surface area contributed by atoms with Gasteiger partial charge in [-0.3, -0.25) is 9.59 Å². The molecule has 1 N–H and O–H groups in total. The molecule has 2 amide bonds. The summed E-state index contributed by atoms with van der Waals surface area (Å²) in [5, 5.41) is 2.67. The number of carbonyl (C=O) groups excluding carboxylic acids is 2. The molecule has 0 saturated heterocycles. The summed E-state index contributed by atoms with van der Waals surface area (Å²) in [6.07, 6.45) is 4.88. The molecule has 1 fully saturated rings. The zero-order chi connectivity index (χ0) is 25.2. The first-order chi connectivity index (χ1) is 17.5. The molecular weight excluding hydrogens is 462 g/mol. The lowest BCUT2D eigenvalue weighted by atomic mass is 9.77. The van der Waals surface area contributed by atoms with E-state index in [1.54, 1.807) is 31.4 Å². The highest BCUT2D eigenvalue weighted by atomic mass is 19.1. The zero-order valence-corrected chi connectivity index (χ0v) is 20.0. The van der Waals surface area contributed by atoms with Gasteiger partial charge in [-0.2, -0.15) is 0 Å². The van der Waals surface area contributed by atoms with E-state index in [-0.39, 0.29) is 17.6 Å². The molecule has 1 aliphatic carbocycles. The number of anilines is 1. The van der Waals surface area contributed by atoms with Gasteiger partial charge in [0.1, 0.15) is 17.4 Å². The van der Waals surface area contributed by atoms with Gasteiger partial charge in [-0.15, -0.1) is 0 Å². The lowest BCUT2D eigenvalue weighted by molar-refractivity contribution is -0.119. The molecule has 3 aromatic rings. The molecule has 5 nitrogen and oxygen atoms in total. The summed E-state index contributed by atoms with van der Waals surface area (Å²) in [6, 6.07) is 16.9. The van der Waals surface area contributed by atoms with Crippen molar-refractivity contribution in [1.82, 2.24) is 4.90 Å². The van der Waals surface area contributed by atoms with E-state index in [9.17, 15) is 18.4 Å². The monoisotopic (exact) mass is 490 g/mol. The molecule has 2 unspecified atom stereocenters. The van der Waals surface area contributed by atoms with Gasteiger partial charge in [0.25, 0.3) is 5.91 Å². The average molecular weight is 491 g/mol. The van der Waals surface area contributed by atoms with Crippen LogP contribution in [-0.4, -0.2) is 29.9 Å². The first-order valence-electron chi connectivity index (χ1n) is 12.3. The Morgan fingerprint density at radius 3 is 2.39 bits per heavy atom. The largest absolute Gasteiger partial charge is 0.497 e. The number of amides is 2. The van der Waals surface area contributed by atoms with Crippen LogP contribution >= 0.6 is 0 Å². The molecule has 2 atom stereocenters. The molecule has 7 heteroatoms. The summed E-state index contributed by atoms with van der Waals surface area (Å²) in [5.74, 6) is -2.26. The second-order valence-corrected chi connectivity index (χ2v) is 9.40. The molecule has 1 aliphatic heterocycles. The smallest absolute Gasteiger partial charge is 0.254 e. The van der Waals surface area contributed by atoms with E-state index in [0.29, 0.717) is 16.9 Å². The van der Waals surface area contributed by atoms with E-state index in [1.807, 2.05) is 29.2 Å². The molecule has 36 heavy (non-hydrogen) atoms. The van der Waals surface area contributed by atoms with Gasteiger partial charge in [-0.25, -0.2) is 8.78 Å². The minimum Gasteiger partial charge on any atom is -0.497 e. The standard InChI is InChI=1S/C29H28F2N2O3/c1-36-21-14-11-18(12-15-21)27-26(28(34)32-25-16-13-19(30)17-24(25)31)22-9-5-6-10-23(22)29(35)33(27)20-7-3-2-4-8-20/h5-6,9-17,20,26-27H,2-4,7-8H2,1H3,(H,32,34). The molecule has 186 valence electrons. The average Bonchev–Trinajstić information content (AvgIpc) is 2.90. The summed E-state index contributed by atoms with van der Waals surface area (Å²) in [5.41, 5.74) is 1.76. The van der Waals surface area contributed by atoms with E-state index in [4.69, 9.17) is 4.74 Å². The summed E-state index contributed by atoms with van der Waals surface area (Å²) < 4.78 is 33.3. The van der Waals surface area contributed by atoms with Gasteiger partial charge in [0.15, 0.2) is 0 Å². The van der Waals surface area contributed by atoms with Crippen LogP contribution in [0.25, 0.3) is 0 Å². The number of fused-ring (bicyclic) bond motifs is 1. The van der Waals surface area contributed by atoms with Crippen molar-refractivity contribution in [2.45, 2.75) is 50.1 Å². The normalized spacial score (nSPS) is 20.1. The van der Waals surface area contributed by atoms with Crippen LogP contribution in [0.4, 0.5) is 14.5 Å². The first-order valence-corrected chi connectivity index (χ1v) is 12.3. The summed E-state index contributed by atoms with van der Waals surface area (Å²) in [4.78, 5) is 29.7. The quantitative estimate of drug-likeness (QED) is 0.462. The Morgan fingerprint density at radius 1 is 0.972 bits per heavy atom. The minimum absolute atomic E-state index is 0.00966. The summed E-state index contributed by atoms with van der Waals surface area (Å²) in [7, 11) is 1.58. The molecule has 0 spiro atoms. The van der Waals surface area contributed by atoms with Crippen LogP contribution in [0.5, 0.6) is 5.75 Å². The van der Waals surface area contributed by atoms with Gasteiger partial charge in [0, 0.05) is 17.7 Å². The fourth-order valence-electron chi connectivity index (χ4n) is 5.55.